The molecule has 1 aromatic heterocycles. The summed E-state index contributed by atoms with van der Waals surface area (Å²) in [6.45, 7) is 1.24. The molecular weight excluding hydrogens is 244 g/mol. The second kappa shape index (κ2) is 6.31. The number of carbonyl (C=O) groups is 2. The van der Waals surface area contributed by atoms with Gasteiger partial charge in [0.15, 0.2) is 0 Å². The van der Waals surface area contributed by atoms with Crippen LogP contribution in [0.5, 0.6) is 0 Å². The Hall–Kier alpha value is -1.91. The highest BCUT2D eigenvalue weighted by molar-refractivity contribution is 5.87. The number of hydrogen-bond acceptors (Lipinski definition) is 3. The summed E-state index contributed by atoms with van der Waals surface area (Å²) in [6.07, 6.45) is 6.22. The monoisotopic (exact) mass is 262 g/mol. The van der Waals surface area contributed by atoms with Crippen LogP contribution in [-0.2, 0) is 11.3 Å². The Morgan fingerprint density at radius 2 is 2.05 bits per heavy atom. The average molecular weight is 262 g/mol. The van der Waals surface area contributed by atoms with E-state index in [0.717, 1.165) is 37.9 Å². The number of carboxylic acid groups (broad SMARTS) is 1. The lowest BCUT2D eigenvalue weighted by molar-refractivity contribution is -0.132. The summed E-state index contributed by atoms with van der Waals surface area (Å²) in [4.78, 5) is 28.6. The lowest BCUT2D eigenvalue weighted by Gasteiger charge is -2.24. The van der Waals surface area contributed by atoms with Gasteiger partial charge in [0.05, 0.1) is 17.8 Å². The van der Waals surface area contributed by atoms with Gasteiger partial charge in [-0.1, -0.05) is 12.8 Å². The maximum atomic E-state index is 12.0. The number of hydrogen-bond donors (Lipinski definition) is 1. The Morgan fingerprint density at radius 1 is 1.26 bits per heavy atom. The van der Waals surface area contributed by atoms with Crippen LogP contribution < -0.4 is 0 Å². The van der Waals surface area contributed by atoms with Crippen molar-refractivity contribution in [2.75, 3.05) is 6.54 Å². The van der Waals surface area contributed by atoms with E-state index in [-0.39, 0.29) is 11.5 Å². The van der Waals surface area contributed by atoms with Gasteiger partial charge in [-0.15, -0.1) is 0 Å². The Labute approximate surface area is 112 Å². The largest absolute Gasteiger partial charge is 0.478 e. The van der Waals surface area contributed by atoms with E-state index >= 15 is 0 Å². The molecule has 1 saturated heterocycles. The Balaban J connectivity index is 2.01. The summed E-state index contributed by atoms with van der Waals surface area (Å²) >= 11 is 0. The lowest BCUT2D eigenvalue weighted by Crippen LogP contribution is -2.32. The molecule has 0 saturated carbocycles. The van der Waals surface area contributed by atoms with E-state index in [1.807, 2.05) is 4.90 Å². The van der Waals surface area contributed by atoms with Crippen molar-refractivity contribution >= 4 is 11.9 Å². The van der Waals surface area contributed by atoms with E-state index in [2.05, 4.69) is 4.98 Å². The van der Waals surface area contributed by atoms with Crippen molar-refractivity contribution in [3.63, 3.8) is 0 Å². The normalized spacial score (nSPS) is 16.8. The molecule has 0 unspecified atom stereocenters. The summed E-state index contributed by atoms with van der Waals surface area (Å²) in [5.74, 6) is -0.815. The zero-order valence-electron chi connectivity index (χ0n) is 10.8. The van der Waals surface area contributed by atoms with Crippen LogP contribution in [-0.4, -0.2) is 33.4 Å². The number of aromatic nitrogens is 1. The van der Waals surface area contributed by atoms with E-state index in [4.69, 9.17) is 5.11 Å². The van der Waals surface area contributed by atoms with Crippen molar-refractivity contribution in [3.05, 3.63) is 29.6 Å². The summed E-state index contributed by atoms with van der Waals surface area (Å²) in [6, 6.07) is 3.20. The zero-order valence-corrected chi connectivity index (χ0v) is 10.8. The van der Waals surface area contributed by atoms with Gasteiger partial charge < -0.3 is 10.0 Å². The fourth-order valence-electron chi connectivity index (χ4n) is 2.22. The Bertz CT molecular complexity index is 456. The molecule has 1 aliphatic heterocycles. The molecule has 1 N–H and O–H groups in total. The number of pyridine rings is 1. The average Bonchev–Trinajstić information content (AvgIpc) is 2.39. The Morgan fingerprint density at radius 3 is 2.74 bits per heavy atom. The highest BCUT2D eigenvalue weighted by Gasteiger charge is 2.16. The molecular formula is C14H18N2O3. The van der Waals surface area contributed by atoms with Crippen LogP contribution in [0.2, 0.25) is 0 Å². The van der Waals surface area contributed by atoms with Gasteiger partial charge in [-0.2, -0.15) is 0 Å². The van der Waals surface area contributed by atoms with Crippen molar-refractivity contribution in [2.24, 2.45) is 0 Å². The van der Waals surface area contributed by atoms with Crippen LogP contribution >= 0.6 is 0 Å². The second-order valence-electron chi connectivity index (χ2n) is 4.82. The van der Waals surface area contributed by atoms with E-state index in [9.17, 15) is 9.59 Å². The predicted octanol–water partition coefficient (Wildman–Crippen LogP) is 2.07. The van der Waals surface area contributed by atoms with Crippen molar-refractivity contribution in [1.82, 2.24) is 9.88 Å². The van der Waals surface area contributed by atoms with Gasteiger partial charge in [0, 0.05) is 19.2 Å². The van der Waals surface area contributed by atoms with Crippen LogP contribution in [0.15, 0.2) is 18.3 Å². The molecule has 19 heavy (non-hydrogen) atoms. The molecule has 1 aromatic rings. The molecule has 0 radical (unpaired) electrons. The highest BCUT2D eigenvalue weighted by atomic mass is 16.4. The third-order valence-corrected chi connectivity index (χ3v) is 3.35. The van der Waals surface area contributed by atoms with Gasteiger partial charge in [-0.25, -0.2) is 4.79 Å². The molecule has 0 spiro atoms. The van der Waals surface area contributed by atoms with Crippen LogP contribution in [0.1, 0.15) is 48.2 Å². The molecule has 2 rings (SSSR count). The van der Waals surface area contributed by atoms with Gasteiger partial charge >= 0.3 is 5.97 Å². The van der Waals surface area contributed by atoms with Crippen LogP contribution in [0.4, 0.5) is 0 Å². The summed E-state index contributed by atoms with van der Waals surface area (Å²) in [5, 5.41) is 8.80. The van der Waals surface area contributed by atoms with Gasteiger partial charge in [-0.3, -0.25) is 9.78 Å². The number of likely N-dealkylation sites (tertiary alicyclic amines) is 1. The fraction of sp³-hybridized carbons (Fsp3) is 0.500. The van der Waals surface area contributed by atoms with Crippen molar-refractivity contribution in [3.8, 4) is 0 Å². The number of aromatic carboxylic acids is 1. The molecule has 1 aliphatic rings. The highest BCUT2D eigenvalue weighted by Crippen LogP contribution is 2.14. The maximum absolute atomic E-state index is 12.0. The molecule has 0 atom stereocenters. The molecule has 102 valence electrons. The van der Waals surface area contributed by atoms with E-state index in [0.29, 0.717) is 13.0 Å². The summed E-state index contributed by atoms with van der Waals surface area (Å²) < 4.78 is 0. The summed E-state index contributed by atoms with van der Waals surface area (Å²) in [7, 11) is 0. The van der Waals surface area contributed by atoms with Gasteiger partial charge in [-0.05, 0) is 25.0 Å². The number of nitrogens with zero attached hydrogens (tertiary/aromatic N) is 2. The molecule has 0 aliphatic carbocycles. The SMILES string of the molecule is O=C(O)c1ccc(CN2CCCCCCC2=O)nc1. The molecule has 2 heterocycles. The van der Waals surface area contributed by atoms with Crippen molar-refractivity contribution < 1.29 is 14.7 Å². The minimum Gasteiger partial charge on any atom is -0.478 e. The third-order valence-electron chi connectivity index (χ3n) is 3.35. The first-order valence-electron chi connectivity index (χ1n) is 6.63. The van der Waals surface area contributed by atoms with Gasteiger partial charge in [0.2, 0.25) is 5.91 Å². The quantitative estimate of drug-likeness (QED) is 0.905. The number of amides is 1. The van der Waals surface area contributed by atoms with E-state index in [1.165, 1.54) is 12.3 Å². The predicted molar refractivity (Wildman–Crippen MR) is 69.7 cm³/mol. The smallest absolute Gasteiger partial charge is 0.337 e. The van der Waals surface area contributed by atoms with Crippen LogP contribution in [0.25, 0.3) is 0 Å². The van der Waals surface area contributed by atoms with Crippen molar-refractivity contribution in [2.45, 2.75) is 38.6 Å². The maximum Gasteiger partial charge on any atom is 0.337 e. The number of carbonyl (C=O) groups excluding carboxylic acids is 1. The minimum absolute atomic E-state index is 0.169. The molecule has 0 bridgehead atoms. The lowest BCUT2D eigenvalue weighted by atomic mass is 10.1. The number of carboxylic acids is 1. The third kappa shape index (κ3) is 3.77. The minimum atomic E-state index is -0.985. The van der Waals surface area contributed by atoms with E-state index < -0.39 is 5.97 Å². The van der Waals surface area contributed by atoms with Crippen LogP contribution in [0.3, 0.4) is 0 Å². The Kier molecular flexibility index (Phi) is 4.49. The molecule has 0 aromatic carbocycles. The van der Waals surface area contributed by atoms with Crippen molar-refractivity contribution in [1.29, 1.82) is 0 Å². The first-order valence-corrected chi connectivity index (χ1v) is 6.63. The molecule has 1 fully saturated rings. The van der Waals surface area contributed by atoms with E-state index in [1.54, 1.807) is 6.07 Å². The second-order valence-corrected chi connectivity index (χ2v) is 4.82. The van der Waals surface area contributed by atoms with Crippen LogP contribution in [0, 0.1) is 0 Å². The fourth-order valence-corrected chi connectivity index (χ4v) is 2.22. The molecule has 1 amide bonds. The summed E-state index contributed by atoms with van der Waals surface area (Å²) in [5.41, 5.74) is 0.904. The topological polar surface area (TPSA) is 70.5 Å². The molecule has 5 nitrogen and oxygen atoms in total. The zero-order chi connectivity index (χ0) is 13.7. The number of rotatable bonds is 3. The molecule has 5 heteroatoms. The standard InChI is InChI=1S/C14H18N2O3/c17-13-5-3-1-2-4-8-16(13)10-12-7-6-11(9-15-12)14(18)19/h6-7,9H,1-5,8,10H2,(H,18,19). The first kappa shape index (κ1) is 13.5. The first-order chi connectivity index (χ1) is 9.16. The van der Waals surface area contributed by atoms with Gasteiger partial charge in [0.25, 0.3) is 0 Å². The van der Waals surface area contributed by atoms with Gasteiger partial charge in [0.1, 0.15) is 0 Å².